The molecule has 1 heterocycles. The van der Waals surface area contributed by atoms with E-state index in [-0.39, 0.29) is 24.9 Å². The number of benzene rings is 2. The van der Waals surface area contributed by atoms with Crippen molar-refractivity contribution in [1.29, 1.82) is 0 Å². The van der Waals surface area contributed by atoms with Gasteiger partial charge in [-0.2, -0.15) is 0 Å². The number of hydrogen-bond donors (Lipinski definition) is 2. The molecule has 0 aliphatic carbocycles. The summed E-state index contributed by atoms with van der Waals surface area (Å²) in [5.74, 6) is 0.143. The van der Waals surface area contributed by atoms with Crippen LogP contribution >= 0.6 is 0 Å². The van der Waals surface area contributed by atoms with Crippen molar-refractivity contribution in [2.45, 2.75) is 13.3 Å². The molecule has 0 aromatic heterocycles. The average molecular weight is 393 g/mol. The summed E-state index contributed by atoms with van der Waals surface area (Å²) < 4.78 is 5.25. The molecular weight excluding hydrogens is 366 g/mol. The van der Waals surface area contributed by atoms with Gasteiger partial charge in [0.1, 0.15) is 5.75 Å². The van der Waals surface area contributed by atoms with Gasteiger partial charge >= 0.3 is 0 Å². The van der Waals surface area contributed by atoms with Crippen LogP contribution in [0.15, 0.2) is 54.6 Å². The van der Waals surface area contributed by atoms with Gasteiger partial charge in [-0.25, -0.2) is 0 Å². The van der Waals surface area contributed by atoms with Crippen molar-refractivity contribution in [3.63, 3.8) is 0 Å². The summed E-state index contributed by atoms with van der Waals surface area (Å²) in [5, 5.41) is 5.47. The summed E-state index contributed by atoms with van der Waals surface area (Å²) in [6, 6.07) is 15.8. The van der Waals surface area contributed by atoms with Crippen LogP contribution in [0.4, 0.5) is 5.69 Å². The lowest BCUT2D eigenvalue weighted by molar-refractivity contribution is -0.125. The zero-order chi connectivity index (χ0) is 20.6. The Morgan fingerprint density at radius 2 is 1.90 bits per heavy atom. The molecule has 1 aliphatic rings. The van der Waals surface area contributed by atoms with Crippen molar-refractivity contribution >= 4 is 23.1 Å². The highest BCUT2D eigenvalue weighted by Crippen LogP contribution is 2.25. The molecule has 0 spiro atoms. The van der Waals surface area contributed by atoms with Crippen LogP contribution in [-0.4, -0.2) is 50.0 Å². The lowest BCUT2D eigenvalue weighted by atomic mass is 10.00. The zero-order valence-electron chi connectivity index (χ0n) is 16.9. The second kappa shape index (κ2) is 9.89. The van der Waals surface area contributed by atoms with Crippen LogP contribution in [0.25, 0.3) is 5.57 Å². The first-order chi connectivity index (χ1) is 14.0. The third-order valence-electron chi connectivity index (χ3n) is 4.88. The number of nitrogens with one attached hydrogen (secondary N) is 2. The summed E-state index contributed by atoms with van der Waals surface area (Å²) in [7, 11) is 1.55. The number of methoxy groups -OCH3 is 1. The number of aryl methyl sites for hydroxylation is 1. The van der Waals surface area contributed by atoms with Gasteiger partial charge in [0, 0.05) is 13.1 Å². The van der Waals surface area contributed by atoms with Gasteiger partial charge in [-0.3, -0.25) is 14.5 Å². The molecule has 2 N–H and O–H groups in total. The van der Waals surface area contributed by atoms with Gasteiger partial charge in [0.25, 0.3) is 0 Å². The Morgan fingerprint density at radius 1 is 1.10 bits per heavy atom. The molecule has 2 amide bonds. The highest BCUT2D eigenvalue weighted by molar-refractivity contribution is 5.96. The molecule has 3 rings (SSSR count). The Bertz CT molecular complexity index is 893. The topological polar surface area (TPSA) is 70.7 Å². The second-order valence-electron chi connectivity index (χ2n) is 7.11. The van der Waals surface area contributed by atoms with Gasteiger partial charge in [0.2, 0.25) is 11.8 Å². The Labute approximate surface area is 171 Å². The third-order valence-corrected chi connectivity index (χ3v) is 4.88. The van der Waals surface area contributed by atoms with Crippen molar-refractivity contribution < 1.29 is 14.3 Å². The first-order valence-electron chi connectivity index (χ1n) is 9.73. The first-order valence-corrected chi connectivity index (χ1v) is 9.73. The van der Waals surface area contributed by atoms with E-state index in [0.717, 1.165) is 25.1 Å². The summed E-state index contributed by atoms with van der Waals surface area (Å²) in [5.41, 5.74) is 4.16. The summed E-state index contributed by atoms with van der Waals surface area (Å²) in [4.78, 5) is 26.5. The SMILES string of the molecule is COc1ccc(C)cc1NC(=O)CNC(=O)CN1CC=C(c2ccccc2)CC1. The van der Waals surface area contributed by atoms with Crippen LogP contribution in [0.5, 0.6) is 5.75 Å². The van der Waals surface area contributed by atoms with E-state index in [2.05, 4.69) is 33.7 Å². The van der Waals surface area contributed by atoms with Crippen LogP contribution in [0.1, 0.15) is 17.5 Å². The summed E-state index contributed by atoms with van der Waals surface area (Å²) >= 11 is 0. The normalized spacial score (nSPS) is 14.1. The largest absolute Gasteiger partial charge is 0.495 e. The first kappa shape index (κ1) is 20.6. The van der Waals surface area contributed by atoms with Gasteiger partial charge < -0.3 is 15.4 Å². The lowest BCUT2D eigenvalue weighted by Gasteiger charge is -2.25. The minimum atomic E-state index is -0.285. The molecule has 0 bridgehead atoms. The van der Waals surface area contributed by atoms with Crippen molar-refractivity contribution in [2.75, 3.05) is 38.6 Å². The summed E-state index contributed by atoms with van der Waals surface area (Å²) in [6.07, 6.45) is 3.08. The van der Waals surface area contributed by atoms with Gasteiger partial charge in [0.15, 0.2) is 0 Å². The minimum Gasteiger partial charge on any atom is -0.495 e. The average Bonchev–Trinajstić information content (AvgIpc) is 2.74. The fourth-order valence-electron chi connectivity index (χ4n) is 3.32. The predicted molar refractivity (Wildman–Crippen MR) is 115 cm³/mol. The van der Waals surface area contributed by atoms with Crippen molar-refractivity contribution in [1.82, 2.24) is 10.2 Å². The quantitative estimate of drug-likeness (QED) is 0.759. The Hall–Kier alpha value is -3.12. The molecule has 6 nitrogen and oxygen atoms in total. The molecule has 29 heavy (non-hydrogen) atoms. The van der Waals surface area contributed by atoms with E-state index in [1.54, 1.807) is 13.2 Å². The van der Waals surface area contributed by atoms with Crippen LogP contribution in [-0.2, 0) is 9.59 Å². The van der Waals surface area contributed by atoms with E-state index >= 15 is 0 Å². The molecule has 0 saturated carbocycles. The van der Waals surface area contributed by atoms with E-state index in [4.69, 9.17) is 4.74 Å². The van der Waals surface area contributed by atoms with Crippen LogP contribution < -0.4 is 15.4 Å². The smallest absolute Gasteiger partial charge is 0.243 e. The van der Waals surface area contributed by atoms with Crippen molar-refractivity contribution in [2.24, 2.45) is 0 Å². The van der Waals surface area contributed by atoms with Crippen LogP contribution in [0, 0.1) is 6.92 Å². The Morgan fingerprint density at radius 3 is 2.59 bits per heavy atom. The number of carbonyl (C=O) groups is 2. The number of ether oxygens (including phenoxy) is 1. The zero-order valence-corrected chi connectivity index (χ0v) is 16.9. The molecular formula is C23H27N3O3. The van der Waals surface area contributed by atoms with E-state index in [1.807, 2.05) is 37.3 Å². The van der Waals surface area contributed by atoms with E-state index in [1.165, 1.54) is 11.1 Å². The number of anilines is 1. The molecule has 2 aromatic carbocycles. The van der Waals surface area contributed by atoms with Crippen molar-refractivity contribution in [3.8, 4) is 5.75 Å². The van der Waals surface area contributed by atoms with E-state index < -0.39 is 0 Å². The molecule has 0 fully saturated rings. The van der Waals surface area contributed by atoms with Gasteiger partial charge in [-0.1, -0.05) is 42.5 Å². The maximum absolute atomic E-state index is 12.2. The molecule has 152 valence electrons. The van der Waals surface area contributed by atoms with Crippen LogP contribution in [0.2, 0.25) is 0 Å². The third kappa shape index (κ3) is 5.93. The standard InChI is InChI=1S/C23H27N3O3/c1-17-8-9-21(29-2)20(14-17)25-22(27)15-24-23(28)16-26-12-10-19(11-13-26)18-6-4-3-5-7-18/h3-10,14H,11-13,15-16H2,1-2H3,(H,24,28)(H,25,27). The highest BCUT2D eigenvalue weighted by atomic mass is 16.5. The van der Waals surface area contributed by atoms with Gasteiger partial charge in [-0.15, -0.1) is 0 Å². The van der Waals surface area contributed by atoms with Gasteiger partial charge in [-0.05, 0) is 42.2 Å². The van der Waals surface area contributed by atoms with E-state index in [0.29, 0.717) is 11.4 Å². The fraction of sp³-hybridized carbons (Fsp3) is 0.304. The highest BCUT2D eigenvalue weighted by Gasteiger charge is 2.16. The summed E-state index contributed by atoms with van der Waals surface area (Å²) in [6.45, 7) is 3.69. The number of rotatable bonds is 7. The van der Waals surface area contributed by atoms with Crippen LogP contribution in [0.3, 0.4) is 0 Å². The minimum absolute atomic E-state index is 0.0745. The predicted octanol–water partition coefficient (Wildman–Crippen LogP) is 2.85. The second-order valence-corrected chi connectivity index (χ2v) is 7.11. The monoisotopic (exact) mass is 393 g/mol. The van der Waals surface area contributed by atoms with E-state index in [9.17, 15) is 9.59 Å². The molecule has 0 saturated heterocycles. The molecule has 6 heteroatoms. The Balaban J connectivity index is 1.44. The Kier molecular flexibility index (Phi) is 7.03. The maximum Gasteiger partial charge on any atom is 0.243 e. The number of amides is 2. The molecule has 0 atom stereocenters. The van der Waals surface area contributed by atoms with Gasteiger partial charge in [0.05, 0.1) is 25.9 Å². The fourth-order valence-corrected chi connectivity index (χ4v) is 3.32. The number of nitrogens with zero attached hydrogens (tertiary/aromatic N) is 1. The maximum atomic E-state index is 12.2. The molecule has 0 radical (unpaired) electrons. The van der Waals surface area contributed by atoms with Crippen molar-refractivity contribution in [3.05, 3.63) is 65.7 Å². The molecule has 2 aromatic rings. The molecule has 1 aliphatic heterocycles. The number of hydrogen-bond acceptors (Lipinski definition) is 4. The number of carbonyl (C=O) groups excluding carboxylic acids is 2. The molecule has 0 unspecified atom stereocenters. The lowest BCUT2D eigenvalue weighted by Crippen LogP contribution is -2.41.